The number of benzene rings is 2. The molecule has 3 aliphatic heterocycles. The molecule has 0 spiro atoms. The first kappa shape index (κ1) is 60.3. The molecule has 5 rings (SSSR count). The Balaban J connectivity index is 0. The van der Waals surface area contributed by atoms with E-state index in [-0.39, 0.29) is 238 Å². The van der Waals surface area contributed by atoms with Gasteiger partial charge in [-0.25, -0.2) is 0 Å². The van der Waals surface area contributed by atoms with Crippen molar-refractivity contribution < 1.29 is 315 Å². The maximum Gasteiger partial charge on any atom is 0.229 e. The zero-order valence-corrected chi connectivity index (χ0v) is 52.3. The van der Waals surface area contributed by atoms with E-state index in [1.165, 1.54) is 48.5 Å². The van der Waals surface area contributed by atoms with Crippen LogP contribution in [0.4, 0.5) is 0 Å². The van der Waals surface area contributed by atoms with Crippen LogP contribution in [-0.2, 0) is 14.2 Å². The molecular weight excluding hydrogens is 1800 g/mol. The fourth-order valence-corrected chi connectivity index (χ4v) is 5.02. The van der Waals surface area contributed by atoms with Crippen molar-refractivity contribution >= 4 is 0 Å². The number of phenolic OH excluding ortho intramolecular Hbond substituents is 1. The van der Waals surface area contributed by atoms with Gasteiger partial charge in [-0.1, -0.05) is 0 Å². The molecule has 24 heteroatoms. The molecule has 2 aromatic carbocycles. The van der Waals surface area contributed by atoms with E-state index in [0.717, 1.165) is 0 Å². The quantitative estimate of drug-likeness (QED) is 0.112. The summed E-state index contributed by atoms with van der Waals surface area (Å²) in [5.74, 6) is 0.754. The van der Waals surface area contributed by atoms with Crippen LogP contribution in [-0.4, -0.2) is 178 Å². The van der Waals surface area contributed by atoms with Gasteiger partial charge in [0.1, 0.15) is 96.2 Å². The number of rotatable bonds is 9. The van der Waals surface area contributed by atoms with Crippen molar-refractivity contribution in [2.75, 3.05) is 19.8 Å². The Morgan fingerprint density at radius 1 is 0.370 bits per heavy atom. The van der Waals surface area contributed by atoms with Crippen molar-refractivity contribution in [3.63, 3.8) is 0 Å². The summed E-state index contributed by atoms with van der Waals surface area (Å²) in [5.41, 5.74) is 0. The van der Waals surface area contributed by atoms with Crippen LogP contribution < -0.4 is 14.2 Å². The Labute approximate surface area is 488 Å². The van der Waals surface area contributed by atoms with E-state index in [0.29, 0.717) is 5.75 Å². The molecule has 0 aromatic heterocycles. The Morgan fingerprint density at radius 2 is 0.593 bits per heavy atom. The first-order valence-electron chi connectivity index (χ1n) is 15.1. The topological polar surface area (TPSA) is 318 Å². The number of aromatic hydroxyl groups is 1. The summed E-state index contributed by atoms with van der Waals surface area (Å²) >= 11 is 0. The van der Waals surface area contributed by atoms with Crippen LogP contribution in [0.2, 0.25) is 0 Å². The van der Waals surface area contributed by atoms with Gasteiger partial charge in [0, 0.05) is 220 Å². The average Bonchev–Trinajstić information content (AvgIpc) is 3.10. The molecule has 3 fully saturated rings. The molecule has 2 aromatic rings. The van der Waals surface area contributed by atoms with Gasteiger partial charge in [0.25, 0.3) is 0 Å². The molecule has 54 heavy (non-hydrogen) atoms. The molecule has 291 valence electrons. The second kappa shape index (κ2) is 29.6. The maximum absolute atomic E-state index is 10.0. The molecular formula is C30H42Ac5O19. The first-order valence-corrected chi connectivity index (χ1v) is 15.1. The van der Waals surface area contributed by atoms with E-state index in [1.54, 1.807) is 0 Å². The summed E-state index contributed by atoms with van der Waals surface area (Å²) in [7, 11) is 0. The standard InChI is InChI=1S/C18H26O12.C12H16O7.5Ac/c19-5-9-11(21)13(23)15(25)17(29-9)27-7-1-2-8(4-3-7)28-18-16(26)14(24)12(22)10(6-20)30-18;13-5-8-9(15)10(16)11(17)12(19-8)18-7-3-1-6(14)2-4-7;;;;;/h1-4,9-26H,5-6H2;1-4,8-17H,5H2;;;;;/t9-,10-,11-,12-,13+,14+,15-,16-,17-,18-;8-,9?,10?,11?,12?;;;;;/m11...../s1. The third-order valence-electron chi connectivity index (χ3n) is 7.96. The van der Waals surface area contributed by atoms with E-state index < -0.39 is 112 Å². The fourth-order valence-electron chi connectivity index (χ4n) is 5.02. The van der Waals surface area contributed by atoms with Crippen molar-refractivity contribution in [1.29, 1.82) is 0 Å². The van der Waals surface area contributed by atoms with Crippen LogP contribution in [0.1, 0.15) is 0 Å². The fraction of sp³-hybridized carbons (Fsp3) is 0.600. The predicted octanol–water partition coefficient (Wildman–Crippen LogP) is -5.39. The maximum atomic E-state index is 10.0. The summed E-state index contributed by atoms with van der Waals surface area (Å²) in [4.78, 5) is 0. The molecule has 3 heterocycles. The van der Waals surface area contributed by atoms with E-state index in [4.69, 9.17) is 38.6 Å². The summed E-state index contributed by atoms with van der Waals surface area (Å²) in [6.45, 7) is -1.69. The molecule has 0 saturated carbocycles. The predicted molar refractivity (Wildman–Crippen MR) is 158 cm³/mol. The molecule has 3 aliphatic rings. The molecule has 5 radical (unpaired) electrons. The van der Waals surface area contributed by atoms with Gasteiger partial charge in [-0.2, -0.15) is 0 Å². The van der Waals surface area contributed by atoms with Gasteiger partial charge in [-0.15, -0.1) is 0 Å². The Hall–Kier alpha value is 4.25. The number of aliphatic hydroxyl groups excluding tert-OH is 12. The Bertz CT molecular complexity index is 1230. The summed E-state index contributed by atoms with van der Waals surface area (Å²) < 4.78 is 31.9. The number of hydrogen-bond acceptors (Lipinski definition) is 19. The van der Waals surface area contributed by atoms with Crippen molar-refractivity contribution in [2.45, 2.75) is 92.1 Å². The largest absolute Gasteiger partial charge is 0.508 e. The summed E-state index contributed by atoms with van der Waals surface area (Å²) in [6.07, 6.45) is -20.8. The van der Waals surface area contributed by atoms with Crippen molar-refractivity contribution in [3.05, 3.63) is 48.5 Å². The SMILES string of the molecule is OC[C@H]1OC(Oc2ccc(O)cc2)C(O)C(O)C1O.OC[C@H]1O[C@@H](Oc2ccc(O[C@@H]3O[C@H](CO)[C@@H](O)[C@H](O)[C@H]3O)cc2)[C@H](O)[C@@H](O)[C@@H]1O.[Ac].[Ac].[Ac].[Ac].[Ac]. The van der Waals surface area contributed by atoms with Crippen LogP contribution in [0.15, 0.2) is 48.5 Å². The molecule has 4 unspecified atom stereocenters. The van der Waals surface area contributed by atoms with Crippen LogP contribution in [0.3, 0.4) is 0 Å². The zero-order chi connectivity index (χ0) is 36.0. The molecule has 19 nitrogen and oxygen atoms in total. The van der Waals surface area contributed by atoms with Crippen molar-refractivity contribution in [2.24, 2.45) is 0 Å². The first-order chi connectivity index (χ1) is 23.3. The van der Waals surface area contributed by atoms with Crippen molar-refractivity contribution in [3.8, 4) is 23.0 Å². The average molecular weight is 1840 g/mol. The van der Waals surface area contributed by atoms with E-state index in [9.17, 15) is 56.2 Å². The van der Waals surface area contributed by atoms with Crippen LogP contribution in [0.5, 0.6) is 23.0 Å². The molecule has 0 aliphatic carbocycles. The smallest absolute Gasteiger partial charge is 0.229 e. The Morgan fingerprint density at radius 3 is 0.815 bits per heavy atom. The Kier molecular flexibility index (Phi) is 33.1. The van der Waals surface area contributed by atoms with Gasteiger partial charge in [-0.05, 0) is 48.5 Å². The van der Waals surface area contributed by atoms with Crippen molar-refractivity contribution in [1.82, 2.24) is 0 Å². The van der Waals surface area contributed by atoms with E-state index in [1.807, 2.05) is 0 Å². The third kappa shape index (κ3) is 16.4. The second-order valence-electron chi connectivity index (χ2n) is 11.4. The van der Waals surface area contributed by atoms with E-state index in [2.05, 4.69) is 0 Å². The number of hydrogen-bond donors (Lipinski definition) is 13. The van der Waals surface area contributed by atoms with Gasteiger partial charge in [0.15, 0.2) is 0 Å². The molecule has 0 amide bonds. The minimum Gasteiger partial charge on any atom is -0.508 e. The number of ether oxygens (including phenoxy) is 6. The van der Waals surface area contributed by atoms with Gasteiger partial charge in [-0.3, -0.25) is 0 Å². The molecule has 3 saturated heterocycles. The van der Waals surface area contributed by atoms with Gasteiger partial charge >= 0.3 is 0 Å². The van der Waals surface area contributed by atoms with Crippen LogP contribution in [0, 0.1) is 220 Å². The van der Waals surface area contributed by atoms with E-state index >= 15 is 0 Å². The van der Waals surface area contributed by atoms with Gasteiger partial charge in [0.05, 0.1) is 19.8 Å². The number of aliphatic hydroxyl groups is 12. The second-order valence-corrected chi connectivity index (χ2v) is 11.4. The molecule has 0 bridgehead atoms. The normalized spacial score (nSPS) is 35.7. The van der Waals surface area contributed by atoms with Crippen LogP contribution >= 0.6 is 0 Å². The minimum absolute atomic E-state index is 0. The van der Waals surface area contributed by atoms with Crippen LogP contribution in [0.25, 0.3) is 0 Å². The van der Waals surface area contributed by atoms with Gasteiger partial charge < -0.3 is 94.8 Å². The summed E-state index contributed by atoms with van der Waals surface area (Å²) in [5, 5.41) is 125. The number of phenols is 1. The third-order valence-corrected chi connectivity index (χ3v) is 7.96. The summed E-state index contributed by atoms with van der Waals surface area (Å²) in [6, 6.07) is 11.4. The zero-order valence-electron chi connectivity index (χ0n) is 28.6. The molecule has 13 N–H and O–H groups in total. The minimum atomic E-state index is -1.57. The van der Waals surface area contributed by atoms with Gasteiger partial charge in [0.2, 0.25) is 18.9 Å². The molecule has 15 atom stereocenters. The monoisotopic (exact) mass is 1840 g/mol.